The van der Waals surface area contributed by atoms with E-state index in [-0.39, 0.29) is 17.9 Å². The van der Waals surface area contributed by atoms with Crippen molar-refractivity contribution < 1.29 is 14.6 Å². The van der Waals surface area contributed by atoms with E-state index in [9.17, 15) is 9.90 Å². The Morgan fingerprint density at radius 3 is 2.75 bits per heavy atom. The van der Waals surface area contributed by atoms with E-state index in [2.05, 4.69) is 21.2 Å². The van der Waals surface area contributed by atoms with Crippen LogP contribution in [0.4, 0.5) is 0 Å². The largest absolute Gasteiger partial charge is 0.386 e. The zero-order valence-electron chi connectivity index (χ0n) is 11.5. The average Bonchev–Trinajstić information content (AvgIpc) is 2.48. The molecule has 1 fully saturated rings. The lowest BCUT2D eigenvalue weighted by molar-refractivity contribution is -0.130. The van der Waals surface area contributed by atoms with Crippen LogP contribution >= 0.6 is 15.9 Å². The number of carbonyl (C=O) groups excluding carboxylic acids is 1. The van der Waals surface area contributed by atoms with Crippen molar-refractivity contribution in [1.82, 2.24) is 5.32 Å². The molecular formula is C15H20BrNO3. The topological polar surface area (TPSA) is 58.6 Å². The zero-order valence-corrected chi connectivity index (χ0v) is 13.1. The lowest BCUT2D eigenvalue weighted by Crippen LogP contribution is -2.42. The minimum Gasteiger partial charge on any atom is -0.386 e. The fourth-order valence-electron chi connectivity index (χ4n) is 2.32. The third-order valence-electron chi connectivity index (χ3n) is 3.59. The Morgan fingerprint density at radius 2 is 2.15 bits per heavy atom. The van der Waals surface area contributed by atoms with Crippen molar-refractivity contribution in [3.8, 4) is 0 Å². The second-order valence-electron chi connectivity index (χ2n) is 5.21. The number of benzene rings is 1. The summed E-state index contributed by atoms with van der Waals surface area (Å²) in [5, 5.41) is 13.1. The van der Waals surface area contributed by atoms with Gasteiger partial charge < -0.3 is 15.2 Å². The normalized spacial score (nSPS) is 22.1. The van der Waals surface area contributed by atoms with Crippen LogP contribution in [0.2, 0.25) is 0 Å². The van der Waals surface area contributed by atoms with Crippen LogP contribution in [-0.4, -0.2) is 30.3 Å². The number of hydrogen-bond donors (Lipinski definition) is 2. The van der Waals surface area contributed by atoms with Crippen LogP contribution in [0.15, 0.2) is 28.7 Å². The van der Waals surface area contributed by atoms with Gasteiger partial charge in [0.25, 0.3) is 0 Å². The lowest BCUT2D eigenvalue weighted by Gasteiger charge is -2.26. The molecule has 1 aliphatic rings. The molecule has 4 nitrogen and oxygen atoms in total. The highest BCUT2D eigenvalue weighted by atomic mass is 79.9. The summed E-state index contributed by atoms with van der Waals surface area (Å²) < 4.78 is 6.28. The Kier molecular flexibility index (Phi) is 5.57. The van der Waals surface area contributed by atoms with Crippen molar-refractivity contribution in [1.29, 1.82) is 0 Å². The van der Waals surface area contributed by atoms with Gasteiger partial charge in [-0.2, -0.15) is 0 Å². The van der Waals surface area contributed by atoms with Gasteiger partial charge in [0, 0.05) is 11.1 Å². The number of nitrogens with one attached hydrogen (secondary N) is 1. The van der Waals surface area contributed by atoms with E-state index in [1.54, 1.807) is 0 Å². The van der Waals surface area contributed by atoms with Gasteiger partial charge in [0.2, 0.25) is 5.91 Å². The Labute approximate surface area is 127 Å². The van der Waals surface area contributed by atoms with Gasteiger partial charge in [-0.15, -0.1) is 0 Å². The number of ether oxygens (including phenoxy) is 1. The Bertz CT molecular complexity index is 443. The average molecular weight is 342 g/mol. The van der Waals surface area contributed by atoms with Gasteiger partial charge >= 0.3 is 0 Å². The molecule has 110 valence electrons. The third kappa shape index (κ3) is 4.04. The van der Waals surface area contributed by atoms with Crippen molar-refractivity contribution in [2.75, 3.05) is 13.2 Å². The number of aliphatic hydroxyl groups excluding tert-OH is 1. The van der Waals surface area contributed by atoms with E-state index in [4.69, 9.17) is 4.74 Å². The summed E-state index contributed by atoms with van der Waals surface area (Å²) >= 11 is 3.36. The first-order chi connectivity index (χ1) is 9.58. The van der Waals surface area contributed by atoms with Crippen molar-refractivity contribution in [3.05, 3.63) is 34.3 Å². The molecular weight excluding hydrogens is 322 g/mol. The summed E-state index contributed by atoms with van der Waals surface area (Å²) in [6.07, 6.45) is 1.06. The number of halogens is 1. The summed E-state index contributed by atoms with van der Waals surface area (Å²) in [5.41, 5.74) is 0.792. The molecule has 2 rings (SSSR count). The first kappa shape index (κ1) is 15.5. The third-order valence-corrected chi connectivity index (χ3v) is 4.11. The van der Waals surface area contributed by atoms with Crippen molar-refractivity contribution in [3.63, 3.8) is 0 Å². The van der Waals surface area contributed by atoms with Crippen LogP contribution in [0.25, 0.3) is 0 Å². The molecule has 5 heteroatoms. The fraction of sp³-hybridized carbons (Fsp3) is 0.533. The summed E-state index contributed by atoms with van der Waals surface area (Å²) in [6.45, 7) is 3.03. The first-order valence-electron chi connectivity index (χ1n) is 6.89. The quantitative estimate of drug-likeness (QED) is 0.884. The molecule has 0 bridgehead atoms. The van der Waals surface area contributed by atoms with Crippen LogP contribution < -0.4 is 5.32 Å². The van der Waals surface area contributed by atoms with Gasteiger partial charge in [-0.3, -0.25) is 4.79 Å². The van der Waals surface area contributed by atoms with Gasteiger partial charge in [0.05, 0.1) is 24.7 Å². The second-order valence-corrected chi connectivity index (χ2v) is 6.12. The summed E-state index contributed by atoms with van der Waals surface area (Å²) in [6, 6.07) is 7.12. The minimum atomic E-state index is -0.712. The SMILES string of the molecule is CC(NC(=O)C1CCCOC1)C(O)c1ccc(Br)cc1. The number of amides is 1. The van der Waals surface area contributed by atoms with E-state index in [0.717, 1.165) is 29.5 Å². The Balaban J connectivity index is 1.91. The molecule has 1 aromatic rings. The van der Waals surface area contributed by atoms with E-state index >= 15 is 0 Å². The molecule has 0 radical (unpaired) electrons. The van der Waals surface area contributed by atoms with E-state index in [1.165, 1.54) is 0 Å². The number of rotatable bonds is 4. The highest BCUT2D eigenvalue weighted by Gasteiger charge is 2.25. The van der Waals surface area contributed by atoms with E-state index in [1.807, 2.05) is 31.2 Å². The van der Waals surface area contributed by atoms with Gasteiger partial charge in [-0.25, -0.2) is 0 Å². The van der Waals surface area contributed by atoms with Crippen LogP contribution in [0.3, 0.4) is 0 Å². The maximum absolute atomic E-state index is 12.1. The maximum atomic E-state index is 12.1. The molecule has 3 atom stereocenters. The second kappa shape index (κ2) is 7.20. The van der Waals surface area contributed by atoms with Gasteiger partial charge in [-0.1, -0.05) is 28.1 Å². The van der Waals surface area contributed by atoms with Crippen LogP contribution in [0.5, 0.6) is 0 Å². The highest BCUT2D eigenvalue weighted by Crippen LogP contribution is 2.20. The lowest BCUT2D eigenvalue weighted by atomic mass is 9.99. The first-order valence-corrected chi connectivity index (χ1v) is 7.69. The van der Waals surface area contributed by atoms with Gasteiger partial charge in [0.15, 0.2) is 0 Å². The van der Waals surface area contributed by atoms with Crippen molar-refractivity contribution >= 4 is 21.8 Å². The maximum Gasteiger partial charge on any atom is 0.225 e. The molecule has 1 amide bonds. The van der Waals surface area contributed by atoms with Crippen LogP contribution in [0.1, 0.15) is 31.4 Å². The van der Waals surface area contributed by atoms with Crippen molar-refractivity contribution in [2.24, 2.45) is 5.92 Å². The van der Waals surface area contributed by atoms with Gasteiger partial charge in [-0.05, 0) is 37.5 Å². The summed E-state index contributed by atoms with van der Waals surface area (Å²) in [7, 11) is 0. The summed E-state index contributed by atoms with van der Waals surface area (Å²) in [4.78, 5) is 12.1. The smallest absolute Gasteiger partial charge is 0.225 e. The fourth-order valence-corrected chi connectivity index (χ4v) is 2.58. The van der Waals surface area contributed by atoms with E-state index in [0.29, 0.717) is 6.61 Å². The van der Waals surface area contributed by atoms with Crippen LogP contribution in [-0.2, 0) is 9.53 Å². The van der Waals surface area contributed by atoms with Crippen molar-refractivity contribution in [2.45, 2.75) is 31.9 Å². The summed E-state index contributed by atoms with van der Waals surface area (Å²) in [5.74, 6) is -0.128. The molecule has 0 aliphatic carbocycles. The Hall–Kier alpha value is -0.910. The minimum absolute atomic E-state index is 0.0339. The molecule has 2 N–H and O–H groups in total. The molecule has 0 aromatic heterocycles. The number of hydrogen-bond acceptors (Lipinski definition) is 3. The monoisotopic (exact) mass is 341 g/mol. The molecule has 0 spiro atoms. The number of carbonyl (C=O) groups is 1. The predicted molar refractivity (Wildman–Crippen MR) is 80.2 cm³/mol. The molecule has 1 aromatic carbocycles. The zero-order chi connectivity index (χ0) is 14.5. The number of aliphatic hydroxyl groups is 1. The van der Waals surface area contributed by atoms with Crippen LogP contribution in [0, 0.1) is 5.92 Å². The Morgan fingerprint density at radius 1 is 1.45 bits per heavy atom. The molecule has 20 heavy (non-hydrogen) atoms. The molecule has 3 unspecified atom stereocenters. The molecule has 0 saturated carbocycles. The predicted octanol–water partition coefficient (Wildman–Crippen LogP) is 2.41. The highest BCUT2D eigenvalue weighted by molar-refractivity contribution is 9.10. The molecule has 1 aliphatic heterocycles. The molecule has 1 saturated heterocycles. The molecule has 1 heterocycles. The standard InChI is InChI=1S/C15H20BrNO3/c1-10(14(18)11-4-6-13(16)7-5-11)17-15(19)12-3-2-8-20-9-12/h4-7,10,12,14,18H,2-3,8-9H2,1H3,(H,17,19). The van der Waals surface area contributed by atoms with E-state index < -0.39 is 6.10 Å². The van der Waals surface area contributed by atoms with Gasteiger partial charge in [0.1, 0.15) is 0 Å².